The third-order valence-corrected chi connectivity index (χ3v) is 4.70. The Balaban J connectivity index is 1.63. The maximum absolute atomic E-state index is 12.1. The molecular weight excluding hydrogens is 322 g/mol. The van der Waals surface area contributed by atoms with Gasteiger partial charge < -0.3 is 9.88 Å². The van der Waals surface area contributed by atoms with Crippen molar-refractivity contribution in [2.24, 2.45) is 7.05 Å². The highest BCUT2D eigenvalue weighted by atomic mass is 32.2. The summed E-state index contributed by atoms with van der Waals surface area (Å²) in [6.07, 6.45) is 3.73. The van der Waals surface area contributed by atoms with Crippen molar-refractivity contribution in [2.45, 2.75) is 11.9 Å². The lowest BCUT2D eigenvalue weighted by molar-refractivity contribution is -0.113. The number of rotatable bonds is 5. The van der Waals surface area contributed by atoms with Gasteiger partial charge in [-0.15, -0.1) is 0 Å². The van der Waals surface area contributed by atoms with Crippen LogP contribution in [0, 0.1) is 0 Å². The predicted octanol–water partition coefficient (Wildman–Crippen LogP) is 3.51. The molecule has 0 saturated carbocycles. The van der Waals surface area contributed by atoms with Crippen molar-refractivity contribution in [3.05, 3.63) is 54.4 Å². The van der Waals surface area contributed by atoms with Gasteiger partial charge in [0, 0.05) is 36.1 Å². The third-order valence-electron chi connectivity index (χ3n) is 3.69. The summed E-state index contributed by atoms with van der Waals surface area (Å²) >= 11 is 1.41. The van der Waals surface area contributed by atoms with E-state index in [-0.39, 0.29) is 17.4 Å². The Morgan fingerprint density at radius 3 is 2.62 bits per heavy atom. The van der Waals surface area contributed by atoms with Gasteiger partial charge in [0.25, 0.3) is 0 Å². The molecule has 24 heavy (non-hydrogen) atoms. The number of amides is 1. The van der Waals surface area contributed by atoms with Gasteiger partial charge in [-0.05, 0) is 43.3 Å². The maximum Gasteiger partial charge on any atom is 0.234 e. The molecule has 5 nitrogen and oxygen atoms in total. The minimum atomic E-state index is -0.106. The number of anilines is 1. The van der Waals surface area contributed by atoms with Gasteiger partial charge >= 0.3 is 0 Å². The van der Waals surface area contributed by atoms with Gasteiger partial charge in [-0.2, -0.15) is 0 Å². The molecule has 0 aliphatic rings. The van der Waals surface area contributed by atoms with Crippen LogP contribution in [-0.4, -0.2) is 27.0 Å². The van der Waals surface area contributed by atoms with Crippen molar-refractivity contribution in [3.63, 3.8) is 0 Å². The van der Waals surface area contributed by atoms with Crippen LogP contribution in [0.25, 0.3) is 10.9 Å². The average Bonchev–Trinajstić information content (AvgIpc) is 2.95. The van der Waals surface area contributed by atoms with E-state index in [1.807, 2.05) is 29.9 Å². The second-order valence-corrected chi connectivity index (χ2v) is 6.41. The fourth-order valence-electron chi connectivity index (χ4n) is 2.41. The molecule has 0 atom stereocenters. The van der Waals surface area contributed by atoms with E-state index >= 15 is 0 Å². The first-order valence-electron chi connectivity index (χ1n) is 7.48. The van der Waals surface area contributed by atoms with Gasteiger partial charge in [-0.25, -0.2) is 4.98 Å². The Kier molecular flexibility index (Phi) is 4.66. The van der Waals surface area contributed by atoms with E-state index in [0.29, 0.717) is 11.3 Å². The minimum Gasteiger partial charge on any atom is -0.350 e. The number of fused-ring (bicyclic) bond motifs is 1. The van der Waals surface area contributed by atoms with Gasteiger partial charge in [-0.3, -0.25) is 9.59 Å². The molecule has 1 amide bonds. The molecule has 0 radical (unpaired) electrons. The largest absolute Gasteiger partial charge is 0.350 e. The number of aromatic nitrogens is 2. The van der Waals surface area contributed by atoms with Crippen molar-refractivity contribution in [1.82, 2.24) is 9.55 Å². The molecule has 0 saturated heterocycles. The first-order valence-corrected chi connectivity index (χ1v) is 8.47. The van der Waals surface area contributed by atoms with Crippen LogP contribution in [0.2, 0.25) is 0 Å². The minimum absolute atomic E-state index is 0.00506. The number of thioether (sulfide) groups is 1. The number of nitrogens with one attached hydrogen (secondary N) is 1. The van der Waals surface area contributed by atoms with E-state index in [4.69, 9.17) is 0 Å². The second kappa shape index (κ2) is 6.88. The molecule has 0 bridgehead atoms. The van der Waals surface area contributed by atoms with Crippen LogP contribution in [0.3, 0.4) is 0 Å². The smallest absolute Gasteiger partial charge is 0.234 e. The van der Waals surface area contributed by atoms with Crippen LogP contribution in [0.5, 0.6) is 0 Å². The number of hydrogen-bond acceptors (Lipinski definition) is 4. The van der Waals surface area contributed by atoms with Crippen LogP contribution >= 0.6 is 11.8 Å². The van der Waals surface area contributed by atoms with Crippen molar-refractivity contribution in [2.75, 3.05) is 11.1 Å². The standard InChI is InChI=1S/C18H17N3O2S/c1-12(22)13-3-5-14(6-4-13)20-17(23)11-24-18-15-8-10-21(2)16(15)7-9-19-18/h3-10H,11H2,1-2H3,(H,20,23). The van der Waals surface area contributed by atoms with Crippen molar-refractivity contribution in [1.29, 1.82) is 0 Å². The highest BCUT2D eigenvalue weighted by Gasteiger charge is 2.09. The summed E-state index contributed by atoms with van der Waals surface area (Å²) in [6.45, 7) is 1.52. The summed E-state index contributed by atoms with van der Waals surface area (Å²) in [6, 6.07) is 10.8. The first-order chi connectivity index (χ1) is 11.5. The number of Topliss-reactive ketones (excluding diaryl/α,β-unsaturated/α-hetero) is 1. The van der Waals surface area contributed by atoms with Gasteiger partial charge in [0.05, 0.1) is 11.3 Å². The number of aryl methyl sites for hydroxylation is 1. The molecule has 1 aromatic carbocycles. The highest BCUT2D eigenvalue weighted by Crippen LogP contribution is 2.26. The monoisotopic (exact) mass is 339 g/mol. The Hall–Kier alpha value is -2.60. The van der Waals surface area contributed by atoms with Crippen LogP contribution in [-0.2, 0) is 11.8 Å². The molecule has 122 valence electrons. The van der Waals surface area contributed by atoms with Crippen molar-refractivity contribution < 1.29 is 9.59 Å². The molecule has 0 unspecified atom stereocenters. The number of carbonyl (C=O) groups is 2. The fraction of sp³-hybridized carbons (Fsp3) is 0.167. The fourth-order valence-corrected chi connectivity index (χ4v) is 3.21. The number of benzene rings is 1. The predicted molar refractivity (Wildman–Crippen MR) is 96.5 cm³/mol. The summed E-state index contributed by atoms with van der Waals surface area (Å²) in [7, 11) is 1.98. The van der Waals surface area contributed by atoms with Crippen LogP contribution in [0.15, 0.2) is 53.8 Å². The van der Waals surface area contributed by atoms with E-state index in [2.05, 4.69) is 10.3 Å². The molecule has 3 rings (SSSR count). The maximum atomic E-state index is 12.1. The lowest BCUT2D eigenvalue weighted by atomic mass is 10.1. The molecule has 2 aromatic heterocycles. The zero-order valence-electron chi connectivity index (χ0n) is 13.4. The number of hydrogen-bond donors (Lipinski definition) is 1. The third kappa shape index (κ3) is 3.49. The van der Waals surface area contributed by atoms with Crippen molar-refractivity contribution in [3.8, 4) is 0 Å². The van der Waals surface area contributed by atoms with Crippen molar-refractivity contribution >= 4 is 40.0 Å². The summed E-state index contributed by atoms with van der Waals surface area (Å²) in [5, 5.41) is 4.72. The van der Waals surface area contributed by atoms with E-state index in [1.54, 1.807) is 30.5 Å². The molecule has 2 heterocycles. The molecule has 3 aromatic rings. The lowest BCUT2D eigenvalue weighted by Gasteiger charge is -2.06. The van der Waals surface area contributed by atoms with Gasteiger partial charge in [-0.1, -0.05) is 11.8 Å². The Morgan fingerprint density at radius 1 is 1.17 bits per heavy atom. The number of nitrogens with zero attached hydrogens (tertiary/aromatic N) is 2. The number of ketones is 1. The van der Waals surface area contributed by atoms with Crippen LogP contribution in [0.1, 0.15) is 17.3 Å². The van der Waals surface area contributed by atoms with Crippen LogP contribution in [0.4, 0.5) is 5.69 Å². The molecule has 0 aliphatic heterocycles. The summed E-state index contributed by atoms with van der Waals surface area (Å²) in [5.74, 6) is 0.172. The highest BCUT2D eigenvalue weighted by molar-refractivity contribution is 8.00. The Morgan fingerprint density at radius 2 is 1.92 bits per heavy atom. The lowest BCUT2D eigenvalue weighted by Crippen LogP contribution is -2.14. The van der Waals surface area contributed by atoms with Gasteiger partial charge in [0.1, 0.15) is 5.03 Å². The summed E-state index contributed by atoms with van der Waals surface area (Å²) < 4.78 is 2.03. The Labute approximate surface area is 144 Å². The van der Waals surface area contributed by atoms with E-state index in [9.17, 15) is 9.59 Å². The van der Waals surface area contributed by atoms with E-state index < -0.39 is 0 Å². The van der Waals surface area contributed by atoms with Gasteiger partial charge in [0.2, 0.25) is 5.91 Å². The topological polar surface area (TPSA) is 64.0 Å². The summed E-state index contributed by atoms with van der Waals surface area (Å²) in [4.78, 5) is 27.7. The molecular formula is C18H17N3O2S. The summed E-state index contributed by atoms with van der Waals surface area (Å²) in [5.41, 5.74) is 2.39. The average molecular weight is 339 g/mol. The van der Waals surface area contributed by atoms with Crippen LogP contribution < -0.4 is 5.32 Å². The van der Waals surface area contributed by atoms with E-state index in [0.717, 1.165) is 15.9 Å². The quantitative estimate of drug-likeness (QED) is 0.571. The zero-order valence-corrected chi connectivity index (χ0v) is 14.3. The second-order valence-electron chi connectivity index (χ2n) is 5.45. The SMILES string of the molecule is CC(=O)c1ccc(NC(=O)CSc2nccc3c2ccn3C)cc1. The molecule has 0 aliphatic carbocycles. The normalized spacial score (nSPS) is 10.8. The number of pyridine rings is 1. The zero-order chi connectivity index (χ0) is 17.1. The Bertz CT molecular complexity index is 900. The first kappa shape index (κ1) is 16.3. The van der Waals surface area contributed by atoms with Gasteiger partial charge in [0.15, 0.2) is 5.78 Å². The molecule has 0 fully saturated rings. The molecule has 0 spiro atoms. The molecule has 6 heteroatoms. The van der Waals surface area contributed by atoms with E-state index in [1.165, 1.54) is 18.7 Å². The number of carbonyl (C=O) groups excluding carboxylic acids is 2. The molecule has 1 N–H and O–H groups in total.